The highest BCUT2D eigenvalue weighted by Gasteiger charge is 2.38. The zero-order chi connectivity index (χ0) is 17.3. The normalized spacial score (nSPS) is 25.4. The molecule has 5 heteroatoms. The number of morpholine rings is 1. The van der Waals surface area contributed by atoms with Crippen LogP contribution in [0.25, 0.3) is 0 Å². The molecule has 24 heavy (non-hydrogen) atoms. The highest BCUT2D eigenvalue weighted by atomic mass is 16.5. The number of hydrogen-bond acceptors (Lipinski definition) is 3. The third kappa shape index (κ3) is 3.11. The molecule has 2 atom stereocenters. The Morgan fingerprint density at radius 3 is 2.50 bits per heavy atom. The first-order chi connectivity index (χ1) is 11.6. The summed E-state index contributed by atoms with van der Waals surface area (Å²) in [5.41, 5.74) is 3.16. The minimum absolute atomic E-state index is 0.206. The van der Waals surface area contributed by atoms with Gasteiger partial charge in [-0.25, -0.2) is 0 Å². The highest BCUT2D eigenvalue weighted by molar-refractivity contribution is 5.96. The molecule has 0 unspecified atom stereocenters. The van der Waals surface area contributed by atoms with E-state index in [1.165, 1.54) is 5.69 Å². The molecule has 2 aliphatic heterocycles. The largest absolute Gasteiger partial charge is 0.379 e. The van der Waals surface area contributed by atoms with Crippen LogP contribution in [0.5, 0.6) is 0 Å². The van der Waals surface area contributed by atoms with Crippen molar-refractivity contribution in [1.82, 2.24) is 14.4 Å². The Morgan fingerprint density at radius 2 is 1.92 bits per heavy atom. The predicted octanol–water partition coefficient (Wildman–Crippen LogP) is 2.31. The van der Waals surface area contributed by atoms with Gasteiger partial charge in [0.2, 0.25) is 0 Å². The molecule has 1 aromatic heterocycles. The molecule has 134 valence electrons. The second kappa shape index (κ2) is 7.28. The van der Waals surface area contributed by atoms with Crippen LogP contribution in [0.15, 0.2) is 6.07 Å². The van der Waals surface area contributed by atoms with Crippen LogP contribution >= 0.6 is 0 Å². The maximum absolute atomic E-state index is 13.1. The Bertz CT molecular complexity index is 590. The summed E-state index contributed by atoms with van der Waals surface area (Å²) < 4.78 is 7.71. The van der Waals surface area contributed by atoms with Crippen molar-refractivity contribution in [3.05, 3.63) is 23.0 Å². The van der Waals surface area contributed by atoms with E-state index < -0.39 is 0 Å². The Kier molecular flexibility index (Phi) is 5.30. The molecule has 2 fully saturated rings. The number of likely N-dealkylation sites (tertiary alicyclic amines) is 1. The number of ether oxygens (including phenoxy) is 1. The zero-order valence-corrected chi connectivity index (χ0v) is 15.5. The van der Waals surface area contributed by atoms with Crippen LogP contribution in [0.1, 0.15) is 42.0 Å². The van der Waals surface area contributed by atoms with Gasteiger partial charge in [0, 0.05) is 50.2 Å². The van der Waals surface area contributed by atoms with Crippen molar-refractivity contribution in [1.29, 1.82) is 0 Å². The lowest BCUT2D eigenvalue weighted by atomic mass is 9.99. The number of nitrogens with zero attached hydrogens (tertiary/aromatic N) is 3. The van der Waals surface area contributed by atoms with Crippen molar-refractivity contribution >= 4 is 5.91 Å². The van der Waals surface area contributed by atoms with E-state index in [-0.39, 0.29) is 5.91 Å². The van der Waals surface area contributed by atoms with Gasteiger partial charge in [0.15, 0.2) is 0 Å². The lowest BCUT2D eigenvalue weighted by Gasteiger charge is -2.34. The van der Waals surface area contributed by atoms with Crippen molar-refractivity contribution in [2.24, 2.45) is 5.92 Å². The number of aromatic nitrogens is 1. The second-order valence-electron chi connectivity index (χ2n) is 7.12. The molecule has 0 bridgehead atoms. The molecule has 0 aliphatic carbocycles. The molecule has 0 radical (unpaired) electrons. The molecule has 3 heterocycles. The topological polar surface area (TPSA) is 37.7 Å². The molecule has 0 spiro atoms. The maximum Gasteiger partial charge on any atom is 0.255 e. The third-order valence-corrected chi connectivity index (χ3v) is 5.85. The SMILES string of the molecule is CC[C@@H]1CN(C(=O)c2cc(C)n(CC)c2C)C[C@@H]1N1CCOCC1. The van der Waals surface area contributed by atoms with Crippen LogP contribution in [0.2, 0.25) is 0 Å². The minimum Gasteiger partial charge on any atom is -0.379 e. The Hall–Kier alpha value is -1.33. The molecule has 0 aromatic carbocycles. The van der Waals surface area contributed by atoms with Crippen LogP contribution in [0.4, 0.5) is 0 Å². The zero-order valence-electron chi connectivity index (χ0n) is 15.5. The van der Waals surface area contributed by atoms with Crippen LogP contribution < -0.4 is 0 Å². The van der Waals surface area contributed by atoms with Crippen molar-refractivity contribution in [3.8, 4) is 0 Å². The first-order valence-corrected chi connectivity index (χ1v) is 9.34. The average Bonchev–Trinajstić information content (AvgIpc) is 3.16. The number of carbonyl (C=O) groups is 1. The fourth-order valence-corrected chi connectivity index (χ4v) is 4.42. The van der Waals surface area contributed by atoms with E-state index in [1.54, 1.807) is 0 Å². The van der Waals surface area contributed by atoms with E-state index in [2.05, 4.69) is 48.1 Å². The third-order valence-electron chi connectivity index (χ3n) is 5.85. The molecule has 1 amide bonds. The smallest absolute Gasteiger partial charge is 0.255 e. The first-order valence-electron chi connectivity index (χ1n) is 9.34. The lowest BCUT2D eigenvalue weighted by molar-refractivity contribution is 0.0103. The van der Waals surface area contributed by atoms with E-state index >= 15 is 0 Å². The fraction of sp³-hybridized carbons (Fsp3) is 0.737. The molecule has 0 N–H and O–H groups in total. The van der Waals surface area contributed by atoms with Gasteiger partial charge in [-0.3, -0.25) is 9.69 Å². The van der Waals surface area contributed by atoms with Gasteiger partial charge in [-0.05, 0) is 32.8 Å². The standard InChI is InChI=1S/C19H31N3O2/c1-5-16-12-21(13-18(16)20-7-9-24-10-8-20)19(23)17-11-14(3)22(6-2)15(17)4/h11,16,18H,5-10,12-13H2,1-4H3/t16-,18+/m1/s1. The van der Waals surface area contributed by atoms with Crippen molar-refractivity contribution in [3.63, 3.8) is 0 Å². The molecular formula is C19H31N3O2. The van der Waals surface area contributed by atoms with Crippen LogP contribution in [-0.2, 0) is 11.3 Å². The Balaban J connectivity index is 1.76. The quantitative estimate of drug-likeness (QED) is 0.848. The Morgan fingerprint density at radius 1 is 1.21 bits per heavy atom. The van der Waals surface area contributed by atoms with Crippen LogP contribution in [0.3, 0.4) is 0 Å². The first kappa shape index (κ1) is 17.5. The van der Waals surface area contributed by atoms with Gasteiger partial charge in [-0.1, -0.05) is 13.3 Å². The number of carbonyl (C=O) groups excluding carboxylic acids is 1. The van der Waals surface area contributed by atoms with Gasteiger partial charge in [0.05, 0.1) is 18.8 Å². The number of hydrogen-bond donors (Lipinski definition) is 0. The summed E-state index contributed by atoms with van der Waals surface area (Å²) in [6, 6.07) is 2.54. The summed E-state index contributed by atoms with van der Waals surface area (Å²) in [5, 5.41) is 0. The monoisotopic (exact) mass is 333 g/mol. The van der Waals surface area contributed by atoms with E-state index in [9.17, 15) is 4.79 Å². The lowest BCUT2D eigenvalue weighted by Crippen LogP contribution is -2.47. The van der Waals surface area contributed by atoms with E-state index in [0.29, 0.717) is 12.0 Å². The maximum atomic E-state index is 13.1. The van der Waals surface area contributed by atoms with Crippen molar-refractivity contribution in [2.45, 2.75) is 46.7 Å². The molecular weight excluding hydrogens is 302 g/mol. The number of amides is 1. The van der Waals surface area contributed by atoms with E-state index in [4.69, 9.17) is 4.74 Å². The molecule has 3 rings (SSSR count). The molecule has 2 saturated heterocycles. The summed E-state index contributed by atoms with van der Waals surface area (Å²) in [6.07, 6.45) is 1.12. The molecule has 0 saturated carbocycles. The van der Waals surface area contributed by atoms with Gasteiger partial charge >= 0.3 is 0 Å². The summed E-state index contributed by atoms with van der Waals surface area (Å²) in [6.45, 7) is 14.8. The molecule has 1 aromatic rings. The summed E-state index contributed by atoms with van der Waals surface area (Å²) in [5.74, 6) is 0.777. The molecule has 2 aliphatic rings. The summed E-state index contributed by atoms with van der Waals surface area (Å²) in [7, 11) is 0. The Labute approximate surface area is 145 Å². The number of rotatable bonds is 4. The van der Waals surface area contributed by atoms with Gasteiger partial charge in [-0.2, -0.15) is 0 Å². The fourth-order valence-electron chi connectivity index (χ4n) is 4.42. The summed E-state index contributed by atoms with van der Waals surface area (Å²) >= 11 is 0. The van der Waals surface area contributed by atoms with Gasteiger partial charge in [0.1, 0.15) is 0 Å². The van der Waals surface area contributed by atoms with Crippen LogP contribution in [-0.4, -0.2) is 65.7 Å². The van der Waals surface area contributed by atoms with E-state index in [1.807, 2.05) is 0 Å². The minimum atomic E-state index is 0.206. The average molecular weight is 333 g/mol. The second-order valence-corrected chi connectivity index (χ2v) is 7.12. The van der Waals surface area contributed by atoms with Crippen molar-refractivity contribution < 1.29 is 9.53 Å². The number of aryl methyl sites for hydroxylation is 1. The van der Waals surface area contributed by atoms with Gasteiger partial charge < -0.3 is 14.2 Å². The van der Waals surface area contributed by atoms with Crippen LogP contribution in [0, 0.1) is 19.8 Å². The predicted molar refractivity (Wildman–Crippen MR) is 95.4 cm³/mol. The van der Waals surface area contributed by atoms with Gasteiger partial charge in [0.25, 0.3) is 5.91 Å². The van der Waals surface area contributed by atoms with Gasteiger partial charge in [-0.15, -0.1) is 0 Å². The van der Waals surface area contributed by atoms with Crippen molar-refractivity contribution in [2.75, 3.05) is 39.4 Å². The van der Waals surface area contributed by atoms with E-state index in [0.717, 1.165) is 63.6 Å². The highest BCUT2D eigenvalue weighted by Crippen LogP contribution is 2.28. The summed E-state index contributed by atoms with van der Waals surface area (Å²) in [4.78, 5) is 17.7. The molecule has 5 nitrogen and oxygen atoms in total.